The van der Waals surface area contributed by atoms with Crippen LogP contribution in [0.2, 0.25) is 0 Å². The van der Waals surface area contributed by atoms with Gasteiger partial charge in [0.25, 0.3) is 0 Å². The van der Waals surface area contributed by atoms with Crippen molar-refractivity contribution in [2.45, 2.75) is 20.3 Å². The van der Waals surface area contributed by atoms with Crippen LogP contribution in [0.1, 0.15) is 20.3 Å². The molecule has 5 heteroatoms. The van der Waals surface area contributed by atoms with E-state index in [1.54, 1.807) is 4.90 Å². The Morgan fingerprint density at radius 1 is 1.20 bits per heavy atom. The molecule has 1 fully saturated rings. The summed E-state index contributed by atoms with van der Waals surface area (Å²) in [6.45, 7) is 5.79. The second-order valence-corrected chi connectivity index (χ2v) is 3.90. The molecule has 0 aromatic carbocycles. The molecule has 0 radical (unpaired) electrons. The van der Waals surface area contributed by atoms with E-state index in [9.17, 15) is 9.59 Å². The van der Waals surface area contributed by atoms with Crippen LogP contribution in [-0.2, 0) is 4.79 Å². The number of nitrogens with zero attached hydrogens (tertiary/aromatic N) is 2. The van der Waals surface area contributed by atoms with Gasteiger partial charge in [-0.05, 0) is 6.42 Å². The van der Waals surface area contributed by atoms with Gasteiger partial charge in [0.15, 0.2) is 0 Å². The lowest BCUT2D eigenvalue weighted by atomic mass is 10.1. The predicted molar refractivity (Wildman–Crippen MR) is 55.6 cm³/mol. The number of rotatable bonds is 2. The average molecular weight is 214 g/mol. The maximum absolute atomic E-state index is 11.8. The summed E-state index contributed by atoms with van der Waals surface area (Å²) in [5, 5.41) is 8.74. The molecule has 86 valence electrons. The van der Waals surface area contributed by atoms with E-state index in [-0.39, 0.29) is 11.8 Å². The van der Waals surface area contributed by atoms with Gasteiger partial charge in [-0.15, -0.1) is 0 Å². The molecule has 0 bridgehead atoms. The van der Waals surface area contributed by atoms with E-state index in [2.05, 4.69) is 0 Å². The van der Waals surface area contributed by atoms with E-state index < -0.39 is 6.09 Å². The third-order valence-corrected chi connectivity index (χ3v) is 2.90. The zero-order chi connectivity index (χ0) is 11.4. The molecule has 2 amide bonds. The maximum Gasteiger partial charge on any atom is 0.407 e. The average Bonchev–Trinajstić information content (AvgIpc) is 2.27. The van der Waals surface area contributed by atoms with Crippen molar-refractivity contribution in [3.8, 4) is 0 Å². The van der Waals surface area contributed by atoms with Gasteiger partial charge in [0.2, 0.25) is 5.91 Å². The number of hydrogen-bond acceptors (Lipinski definition) is 2. The van der Waals surface area contributed by atoms with Crippen molar-refractivity contribution in [2.75, 3.05) is 26.2 Å². The van der Waals surface area contributed by atoms with Gasteiger partial charge in [-0.1, -0.05) is 13.8 Å². The lowest BCUT2D eigenvalue weighted by Crippen LogP contribution is -2.51. The highest BCUT2D eigenvalue weighted by atomic mass is 16.4. The van der Waals surface area contributed by atoms with Crippen LogP contribution >= 0.6 is 0 Å². The van der Waals surface area contributed by atoms with Crippen LogP contribution in [-0.4, -0.2) is 53.1 Å². The van der Waals surface area contributed by atoms with E-state index >= 15 is 0 Å². The van der Waals surface area contributed by atoms with Gasteiger partial charge in [-0.2, -0.15) is 0 Å². The minimum absolute atomic E-state index is 0.0429. The summed E-state index contributed by atoms with van der Waals surface area (Å²) in [6.07, 6.45) is -0.0662. The largest absolute Gasteiger partial charge is 0.465 e. The number of amides is 2. The minimum atomic E-state index is -0.898. The lowest BCUT2D eigenvalue weighted by Gasteiger charge is -2.34. The molecule has 1 N–H and O–H groups in total. The summed E-state index contributed by atoms with van der Waals surface area (Å²) in [7, 11) is 0. The highest BCUT2D eigenvalue weighted by Gasteiger charge is 2.25. The van der Waals surface area contributed by atoms with Crippen LogP contribution in [0, 0.1) is 5.92 Å². The fourth-order valence-corrected chi connectivity index (χ4v) is 1.60. The molecule has 1 rings (SSSR count). The molecule has 0 aromatic rings. The smallest absolute Gasteiger partial charge is 0.407 e. The normalized spacial score (nSPS) is 18.8. The molecule has 0 aliphatic carbocycles. The molecule has 5 nitrogen and oxygen atoms in total. The second-order valence-electron chi connectivity index (χ2n) is 3.90. The van der Waals surface area contributed by atoms with Crippen molar-refractivity contribution in [1.29, 1.82) is 0 Å². The Morgan fingerprint density at radius 2 is 1.67 bits per heavy atom. The molecule has 1 atom stereocenters. The SMILES string of the molecule is CC[C@@H](C)C(=O)N1CCN(C(=O)O)CC1. The van der Waals surface area contributed by atoms with Gasteiger partial charge in [-0.25, -0.2) is 4.79 Å². The van der Waals surface area contributed by atoms with E-state index in [4.69, 9.17) is 5.11 Å². The first-order valence-corrected chi connectivity index (χ1v) is 5.33. The van der Waals surface area contributed by atoms with Gasteiger partial charge in [0, 0.05) is 32.1 Å². The van der Waals surface area contributed by atoms with Gasteiger partial charge in [0.1, 0.15) is 0 Å². The number of carbonyl (C=O) groups excluding carboxylic acids is 1. The highest BCUT2D eigenvalue weighted by Crippen LogP contribution is 2.09. The summed E-state index contributed by atoms with van der Waals surface area (Å²) >= 11 is 0. The molecular weight excluding hydrogens is 196 g/mol. The molecule has 0 saturated carbocycles. The Hall–Kier alpha value is -1.26. The van der Waals surface area contributed by atoms with Crippen molar-refractivity contribution in [3.63, 3.8) is 0 Å². The molecule has 0 aromatic heterocycles. The fraction of sp³-hybridized carbons (Fsp3) is 0.800. The molecule has 1 aliphatic heterocycles. The van der Waals surface area contributed by atoms with Crippen LogP contribution in [0.4, 0.5) is 4.79 Å². The van der Waals surface area contributed by atoms with Crippen molar-refractivity contribution < 1.29 is 14.7 Å². The number of carbonyl (C=O) groups is 2. The first-order chi connectivity index (χ1) is 7.06. The van der Waals surface area contributed by atoms with Crippen LogP contribution in [0.3, 0.4) is 0 Å². The van der Waals surface area contributed by atoms with E-state index in [0.717, 1.165) is 6.42 Å². The van der Waals surface area contributed by atoms with Gasteiger partial charge in [0.05, 0.1) is 0 Å². The molecule has 1 aliphatic rings. The lowest BCUT2D eigenvalue weighted by molar-refractivity contribution is -0.136. The predicted octanol–water partition coefficient (Wildman–Crippen LogP) is 0.855. The second kappa shape index (κ2) is 5.00. The van der Waals surface area contributed by atoms with Crippen LogP contribution in [0.15, 0.2) is 0 Å². The minimum Gasteiger partial charge on any atom is -0.465 e. The van der Waals surface area contributed by atoms with Crippen molar-refractivity contribution in [1.82, 2.24) is 9.80 Å². The van der Waals surface area contributed by atoms with E-state index in [1.807, 2.05) is 13.8 Å². The third kappa shape index (κ3) is 2.84. The summed E-state index contributed by atoms with van der Waals surface area (Å²) < 4.78 is 0. The Bertz CT molecular complexity index is 247. The van der Waals surface area contributed by atoms with E-state index in [0.29, 0.717) is 26.2 Å². The molecule has 1 saturated heterocycles. The van der Waals surface area contributed by atoms with Gasteiger partial charge >= 0.3 is 6.09 Å². The number of hydrogen-bond donors (Lipinski definition) is 1. The molecule has 0 spiro atoms. The summed E-state index contributed by atoms with van der Waals surface area (Å²) in [4.78, 5) is 25.5. The first-order valence-electron chi connectivity index (χ1n) is 5.33. The zero-order valence-corrected chi connectivity index (χ0v) is 9.27. The molecule has 0 unspecified atom stereocenters. The quantitative estimate of drug-likeness (QED) is 0.741. The van der Waals surface area contributed by atoms with Crippen molar-refractivity contribution in [2.24, 2.45) is 5.92 Å². The standard InChI is InChI=1S/C10H18N2O3/c1-3-8(2)9(13)11-4-6-12(7-5-11)10(14)15/h8H,3-7H2,1-2H3,(H,14,15)/t8-/m1/s1. The Kier molecular flexibility index (Phi) is 3.94. The summed E-state index contributed by atoms with van der Waals surface area (Å²) in [6, 6.07) is 0. The molecule has 1 heterocycles. The maximum atomic E-state index is 11.8. The van der Waals surface area contributed by atoms with Crippen molar-refractivity contribution >= 4 is 12.0 Å². The summed E-state index contributed by atoms with van der Waals surface area (Å²) in [5.41, 5.74) is 0. The summed E-state index contributed by atoms with van der Waals surface area (Å²) in [5.74, 6) is 0.184. The van der Waals surface area contributed by atoms with Gasteiger partial charge in [-0.3, -0.25) is 4.79 Å². The van der Waals surface area contributed by atoms with Crippen LogP contribution < -0.4 is 0 Å². The van der Waals surface area contributed by atoms with Crippen LogP contribution in [0.5, 0.6) is 0 Å². The van der Waals surface area contributed by atoms with E-state index in [1.165, 1.54) is 4.90 Å². The zero-order valence-electron chi connectivity index (χ0n) is 9.27. The third-order valence-electron chi connectivity index (χ3n) is 2.90. The first kappa shape index (κ1) is 11.8. The number of carboxylic acid groups (broad SMARTS) is 1. The highest BCUT2D eigenvalue weighted by molar-refractivity contribution is 5.78. The topological polar surface area (TPSA) is 60.9 Å². The fourth-order valence-electron chi connectivity index (χ4n) is 1.60. The Balaban J connectivity index is 2.43. The Morgan fingerprint density at radius 3 is 2.07 bits per heavy atom. The number of piperazine rings is 1. The Labute approximate surface area is 89.7 Å². The van der Waals surface area contributed by atoms with Gasteiger partial charge < -0.3 is 14.9 Å². The van der Waals surface area contributed by atoms with Crippen molar-refractivity contribution in [3.05, 3.63) is 0 Å². The molecular formula is C10H18N2O3. The van der Waals surface area contributed by atoms with Crippen LogP contribution in [0.25, 0.3) is 0 Å². The monoisotopic (exact) mass is 214 g/mol. The molecule has 15 heavy (non-hydrogen) atoms.